The van der Waals surface area contributed by atoms with Gasteiger partial charge in [-0.3, -0.25) is 9.59 Å². The Morgan fingerprint density at radius 3 is 1.90 bits per heavy atom. The van der Waals surface area contributed by atoms with E-state index in [9.17, 15) is 18.8 Å². The highest BCUT2D eigenvalue weighted by Gasteiger charge is 2.44. The number of carbonyl (C=O) groups excluding carboxylic acids is 3. The molecule has 1 unspecified atom stereocenters. The molecule has 0 radical (unpaired) electrons. The molecule has 0 aliphatic carbocycles. The van der Waals surface area contributed by atoms with Crippen molar-refractivity contribution in [2.75, 3.05) is 80.4 Å². The largest absolute Gasteiger partial charge is 0.493 e. The van der Waals surface area contributed by atoms with Crippen LogP contribution in [-0.4, -0.2) is 113 Å². The second-order valence-electron chi connectivity index (χ2n) is 13.5. The molecule has 3 aliphatic rings. The van der Waals surface area contributed by atoms with E-state index in [0.29, 0.717) is 75.0 Å². The lowest BCUT2D eigenvalue weighted by Crippen LogP contribution is -2.50. The normalized spacial score (nSPS) is 20.0. The first kappa shape index (κ1) is 38.4. The Hall–Kier alpha value is -4.88. The SMILES string of the molecule is COc1cc(C(=O)N2CCC(CCN3CCC(C(N)=O)(c4ccccc4)CC3)(c3ccc(F)cc3)C2)cc(OC)c1OC.NC(=O)N1CCOCC1. The quantitative estimate of drug-likeness (QED) is 0.320. The maximum Gasteiger partial charge on any atom is 0.314 e. The van der Waals surface area contributed by atoms with Crippen molar-refractivity contribution in [2.45, 2.75) is 36.5 Å². The van der Waals surface area contributed by atoms with Crippen molar-refractivity contribution in [1.82, 2.24) is 14.7 Å². The van der Waals surface area contributed by atoms with Crippen LogP contribution in [0.5, 0.6) is 17.2 Å². The van der Waals surface area contributed by atoms with Crippen LogP contribution in [0.2, 0.25) is 0 Å². The first-order valence-electron chi connectivity index (χ1n) is 17.6. The average Bonchev–Trinajstić information content (AvgIpc) is 3.63. The molecule has 3 fully saturated rings. The zero-order valence-corrected chi connectivity index (χ0v) is 30.3. The summed E-state index contributed by atoms with van der Waals surface area (Å²) in [4.78, 5) is 42.7. The number of primary amides is 2. The highest BCUT2D eigenvalue weighted by atomic mass is 19.1. The number of benzene rings is 3. The van der Waals surface area contributed by atoms with Gasteiger partial charge in [-0.1, -0.05) is 42.5 Å². The van der Waals surface area contributed by atoms with Crippen LogP contribution in [0, 0.1) is 5.82 Å². The fourth-order valence-corrected chi connectivity index (χ4v) is 7.57. The molecular weight excluding hydrogens is 669 g/mol. The number of carbonyl (C=O) groups is 3. The molecule has 4 amide bonds. The zero-order chi connectivity index (χ0) is 37.3. The minimum Gasteiger partial charge on any atom is -0.493 e. The monoisotopic (exact) mass is 719 g/mol. The maximum absolute atomic E-state index is 13.9. The number of amides is 4. The van der Waals surface area contributed by atoms with E-state index in [2.05, 4.69) is 4.90 Å². The molecule has 6 rings (SSSR count). The summed E-state index contributed by atoms with van der Waals surface area (Å²) in [6.07, 6.45) is 2.84. The first-order valence-corrected chi connectivity index (χ1v) is 17.6. The van der Waals surface area contributed by atoms with Gasteiger partial charge >= 0.3 is 6.03 Å². The smallest absolute Gasteiger partial charge is 0.314 e. The van der Waals surface area contributed by atoms with Gasteiger partial charge in [-0.15, -0.1) is 0 Å². The third-order valence-electron chi connectivity index (χ3n) is 10.7. The molecular formula is C39H50FN5O7. The van der Waals surface area contributed by atoms with Gasteiger partial charge in [0.2, 0.25) is 11.7 Å². The molecule has 0 bridgehead atoms. The number of nitrogens with two attached hydrogens (primary N) is 2. The number of methoxy groups -OCH3 is 3. The van der Waals surface area contributed by atoms with E-state index in [1.807, 2.05) is 47.4 Å². The standard InChI is InChI=1S/C34H40FN3O5.C5H10N2O2/c1-41-28-21-24(22-29(42-2)30(28)43-3)31(39)38-20-14-33(23-38,25-9-11-27(35)12-10-25)13-17-37-18-15-34(16-19-37,32(36)40)26-7-5-4-6-8-26;6-5(8)7-1-3-9-4-2-7/h4-12,21-22H,13-20,23H2,1-3H3,(H2,36,40);1-4H2,(H2,6,8). The minimum atomic E-state index is -0.663. The number of nitrogens with zero attached hydrogens (tertiary/aromatic N) is 3. The van der Waals surface area contributed by atoms with E-state index >= 15 is 0 Å². The van der Waals surface area contributed by atoms with Crippen LogP contribution < -0.4 is 25.7 Å². The molecule has 52 heavy (non-hydrogen) atoms. The van der Waals surface area contributed by atoms with Gasteiger partial charge in [0.1, 0.15) is 5.82 Å². The fourth-order valence-electron chi connectivity index (χ4n) is 7.57. The predicted molar refractivity (Wildman–Crippen MR) is 194 cm³/mol. The number of ether oxygens (including phenoxy) is 4. The number of hydrogen-bond donors (Lipinski definition) is 2. The van der Waals surface area contributed by atoms with Crippen LogP contribution in [0.15, 0.2) is 66.7 Å². The Balaban J connectivity index is 0.000000507. The number of urea groups is 1. The topological polar surface area (TPSA) is 150 Å². The van der Waals surface area contributed by atoms with E-state index in [1.165, 1.54) is 33.5 Å². The summed E-state index contributed by atoms with van der Waals surface area (Å²) in [5, 5.41) is 0. The van der Waals surface area contributed by atoms with E-state index in [1.54, 1.807) is 17.0 Å². The number of halogens is 1. The number of likely N-dealkylation sites (tertiary alicyclic amines) is 2. The van der Waals surface area contributed by atoms with E-state index in [0.717, 1.165) is 43.6 Å². The molecule has 0 spiro atoms. The number of hydrogen-bond acceptors (Lipinski definition) is 8. The van der Waals surface area contributed by atoms with Crippen LogP contribution in [-0.2, 0) is 20.4 Å². The summed E-state index contributed by atoms with van der Waals surface area (Å²) in [5.41, 5.74) is 12.4. The molecule has 3 aromatic carbocycles. The fraction of sp³-hybridized carbons (Fsp3) is 0.462. The van der Waals surface area contributed by atoms with Gasteiger partial charge in [-0.2, -0.15) is 0 Å². The summed E-state index contributed by atoms with van der Waals surface area (Å²) in [6.45, 7) is 5.82. The van der Waals surface area contributed by atoms with Crippen molar-refractivity contribution < 1.29 is 37.7 Å². The maximum atomic E-state index is 13.9. The highest BCUT2D eigenvalue weighted by molar-refractivity contribution is 5.96. The van der Waals surface area contributed by atoms with Crippen LogP contribution in [0.25, 0.3) is 0 Å². The lowest BCUT2D eigenvalue weighted by Gasteiger charge is -2.41. The Bertz CT molecular complexity index is 1650. The molecule has 3 aliphatic heterocycles. The third-order valence-corrected chi connectivity index (χ3v) is 10.7. The Kier molecular flexibility index (Phi) is 12.6. The Morgan fingerprint density at radius 1 is 0.769 bits per heavy atom. The van der Waals surface area contributed by atoms with E-state index in [-0.39, 0.29) is 29.1 Å². The number of morpholine rings is 1. The summed E-state index contributed by atoms with van der Waals surface area (Å²) < 4.78 is 35.3. The minimum absolute atomic E-state index is 0.129. The average molecular weight is 720 g/mol. The van der Waals surface area contributed by atoms with Crippen molar-refractivity contribution >= 4 is 17.8 Å². The van der Waals surface area contributed by atoms with E-state index < -0.39 is 5.41 Å². The van der Waals surface area contributed by atoms with Crippen LogP contribution in [0.4, 0.5) is 9.18 Å². The molecule has 0 saturated carbocycles. The van der Waals surface area contributed by atoms with Gasteiger partial charge in [0, 0.05) is 37.2 Å². The molecule has 0 aromatic heterocycles. The molecule has 13 heteroatoms. The lowest BCUT2D eigenvalue weighted by atomic mass is 9.71. The van der Waals surface area contributed by atoms with Crippen LogP contribution in [0.1, 0.15) is 47.2 Å². The molecule has 280 valence electrons. The molecule has 4 N–H and O–H groups in total. The van der Waals surface area contributed by atoms with Crippen molar-refractivity contribution in [3.05, 3.63) is 89.2 Å². The summed E-state index contributed by atoms with van der Waals surface area (Å²) in [7, 11) is 4.57. The molecule has 3 heterocycles. The van der Waals surface area contributed by atoms with Crippen molar-refractivity contribution in [2.24, 2.45) is 11.5 Å². The molecule has 1 atom stereocenters. The van der Waals surface area contributed by atoms with Crippen molar-refractivity contribution in [1.29, 1.82) is 0 Å². The highest BCUT2D eigenvalue weighted by Crippen LogP contribution is 2.42. The zero-order valence-electron chi connectivity index (χ0n) is 30.3. The Morgan fingerprint density at radius 2 is 1.38 bits per heavy atom. The predicted octanol–water partition coefficient (Wildman–Crippen LogP) is 3.94. The lowest BCUT2D eigenvalue weighted by molar-refractivity contribution is -0.125. The van der Waals surface area contributed by atoms with Gasteiger partial charge in [-0.25, -0.2) is 9.18 Å². The van der Waals surface area contributed by atoms with E-state index in [4.69, 9.17) is 30.4 Å². The number of rotatable bonds is 10. The molecule has 3 saturated heterocycles. The van der Waals surface area contributed by atoms with Crippen LogP contribution >= 0.6 is 0 Å². The second-order valence-corrected chi connectivity index (χ2v) is 13.5. The van der Waals surface area contributed by atoms with Gasteiger partial charge in [0.15, 0.2) is 11.5 Å². The summed E-state index contributed by atoms with van der Waals surface area (Å²) in [5.74, 6) is 0.566. The Labute approximate surface area is 304 Å². The summed E-state index contributed by atoms with van der Waals surface area (Å²) in [6, 6.07) is 19.5. The van der Waals surface area contributed by atoms with Gasteiger partial charge in [-0.05, 0) is 80.7 Å². The van der Waals surface area contributed by atoms with Crippen molar-refractivity contribution in [3.63, 3.8) is 0 Å². The third kappa shape index (κ3) is 8.42. The molecule has 3 aromatic rings. The molecule has 12 nitrogen and oxygen atoms in total. The number of piperidine rings is 1. The first-order chi connectivity index (χ1) is 25.1. The van der Waals surface area contributed by atoms with Gasteiger partial charge in [0.25, 0.3) is 5.91 Å². The second kappa shape index (κ2) is 17.1. The van der Waals surface area contributed by atoms with Gasteiger partial charge < -0.3 is 45.1 Å². The van der Waals surface area contributed by atoms with Gasteiger partial charge in [0.05, 0.1) is 40.0 Å². The van der Waals surface area contributed by atoms with Crippen LogP contribution in [0.3, 0.4) is 0 Å². The van der Waals surface area contributed by atoms with Crippen molar-refractivity contribution in [3.8, 4) is 17.2 Å². The summed E-state index contributed by atoms with van der Waals surface area (Å²) >= 11 is 0.